The van der Waals surface area contributed by atoms with Gasteiger partial charge in [0.1, 0.15) is 24.4 Å². The lowest BCUT2D eigenvalue weighted by Crippen LogP contribution is -2.68. The number of unbranched alkanes of at least 4 members (excludes halogenated alkanes) is 12. The smallest absolute Gasteiger partial charge is 0.217 e. The Bertz CT molecular complexity index is 625. The average molecular weight is 512 g/mol. The molecule has 210 valence electrons. The first kappa shape index (κ1) is 31.2. The van der Waals surface area contributed by atoms with Crippen LogP contribution in [0, 0.1) is 0 Å². The number of carbonyl (C=O) groups is 1. The van der Waals surface area contributed by atoms with Crippen LogP contribution in [-0.2, 0) is 23.7 Å². The number of nitrogens with one attached hydrogen (secondary N) is 1. The van der Waals surface area contributed by atoms with Crippen LogP contribution in [0.5, 0.6) is 0 Å². The van der Waals surface area contributed by atoms with Crippen molar-refractivity contribution in [1.82, 2.24) is 5.32 Å². The molecule has 0 aromatic carbocycles. The van der Waals surface area contributed by atoms with Gasteiger partial charge in [-0.25, -0.2) is 0 Å². The van der Waals surface area contributed by atoms with Gasteiger partial charge in [-0.3, -0.25) is 4.79 Å². The van der Waals surface area contributed by atoms with Crippen LogP contribution in [0.1, 0.15) is 118 Å². The molecule has 2 N–H and O–H groups in total. The zero-order valence-corrected chi connectivity index (χ0v) is 23.3. The van der Waals surface area contributed by atoms with E-state index in [2.05, 4.69) is 24.4 Å². The molecule has 36 heavy (non-hydrogen) atoms. The first-order valence-corrected chi connectivity index (χ1v) is 14.5. The molecule has 0 spiro atoms. The highest BCUT2D eigenvalue weighted by Gasteiger charge is 2.51. The second kappa shape index (κ2) is 17.5. The lowest BCUT2D eigenvalue weighted by molar-refractivity contribution is -0.368. The predicted molar refractivity (Wildman–Crippen MR) is 143 cm³/mol. The average Bonchev–Trinajstić information content (AvgIpc) is 2.83. The van der Waals surface area contributed by atoms with Crippen molar-refractivity contribution in [2.75, 3.05) is 13.2 Å². The SMILES string of the molecule is CCCCCCCC/C=C\CCCCCCCCO[C@H]1O[C@@H]2COC(C)(C)O[C@H]2[C@H](O)[C@H]1NC(C)=O. The van der Waals surface area contributed by atoms with E-state index in [1.807, 2.05) is 0 Å². The van der Waals surface area contributed by atoms with Crippen LogP contribution >= 0.6 is 0 Å². The molecule has 0 aromatic rings. The van der Waals surface area contributed by atoms with Gasteiger partial charge in [0.05, 0.1) is 6.61 Å². The van der Waals surface area contributed by atoms with Gasteiger partial charge in [-0.1, -0.05) is 76.9 Å². The number of allylic oxidation sites excluding steroid dienone is 2. The summed E-state index contributed by atoms with van der Waals surface area (Å²) in [5.74, 6) is -1.04. The molecule has 0 aromatic heterocycles. The van der Waals surface area contributed by atoms with Crippen LogP contribution < -0.4 is 5.32 Å². The van der Waals surface area contributed by atoms with Gasteiger partial charge >= 0.3 is 0 Å². The third-order valence-corrected chi connectivity index (χ3v) is 7.00. The summed E-state index contributed by atoms with van der Waals surface area (Å²) in [5.41, 5.74) is 0. The monoisotopic (exact) mass is 511 g/mol. The highest BCUT2D eigenvalue weighted by molar-refractivity contribution is 5.73. The lowest BCUT2D eigenvalue weighted by atomic mass is 9.95. The molecule has 2 aliphatic rings. The van der Waals surface area contributed by atoms with Crippen molar-refractivity contribution in [1.29, 1.82) is 0 Å². The summed E-state index contributed by atoms with van der Waals surface area (Å²) in [4.78, 5) is 11.7. The Morgan fingerprint density at radius 3 is 2.17 bits per heavy atom. The summed E-state index contributed by atoms with van der Waals surface area (Å²) < 4.78 is 23.6. The van der Waals surface area contributed by atoms with Crippen LogP contribution in [0.15, 0.2) is 12.2 Å². The van der Waals surface area contributed by atoms with E-state index in [0.29, 0.717) is 13.2 Å². The van der Waals surface area contributed by atoms with E-state index >= 15 is 0 Å². The first-order chi connectivity index (χ1) is 17.3. The Balaban J connectivity index is 1.53. The maximum atomic E-state index is 11.7. The van der Waals surface area contributed by atoms with Gasteiger partial charge in [-0.05, 0) is 46.0 Å². The number of carbonyl (C=O) groups excluding carboxylic acids is 1. The third kappa shape index (κ3) is 12.0. The molecule has 5 atom stereocenters. The molecule has 0 aliphatic carbocycles. The Hall–Kier alpha value is -0.990. The van der Waals surface area contributed by atoms with Crippen LogP contribution in [0.2, 0.25) is 0 Å². The summed E-state index contributed by atoms with van der Waals surface area (Å²) >= 11 is 0. The first-order valence-electron chi connectivity index (χ1n) is 14.5. The van der Waals surface area contributed by atoms with E-state index in [4.69, 9.17) is 18.9 Å². The number of amides is 1. The fourth-order valence-corrected chi connectivity index (χ4v) is 4.92. The summed E-state index contributed by atoms with van der Waals surface area (Å²) in [6, 6.07) is -0.674. The van der Waals surface area contributed by atoms with E-state index in [0.717, 1.165) is 12.8 Å². The van der Waals surface area contributed by atoms with Gasteiger partial charge in [0, 0.05) is 13.5 Å². The second-order valence-electron chi connectivity index (χ2n) is 10.9. The summed E-state index contributed by atoms with van der Waals surface area (Å²) in [7, 11) is 0. The summed E-state index contributed by atoms with van der Waals surface area (Å²) in [5, 5.41) is 13.7. The van der Waals surface area contributed by atoms with Crippen molar-refractivity contribution < 1.29 is 28.8 Å². The minimum absolute atomic E-state index is 0.238. The van der Waals surface area contributed by atoms with E-state index in [-0.39, 0.29) is 5.91 Å². The van der Waals surface area contributed by atoms with Crippen molar-refractivity contribution in [3.8, 4) is 0 Å². The topological polar surface area (TPSA) is 86.2 Å². The zero-order chi connectivity index (χ0) is 26.2. The van der Waals surface area contributed by atoms with Gasteiger partial charge < -0.3 is 29.4 Å². The van der Waals surface area contributed by atoms with Gasteiger partial charge in [-0.2, -0.15) is 0 Å². The highest BCUT2D eigenvalue weighted by atomic mass is 16.8. The zero-order valence-electron chi connectivity index (χ0n) is 23.3. The van der Waals surface area contributed by atoms with Gasteiger partial charge in [0.2, 0.25) is 5.91 Å². The molecule has 2 aliphatic heterocycles. The van der Waals surface area contributed by atoms with Crippen LogP contribution in [0.3, 0.4) is 0 Å². The fourth-order valence-electron chi connectivity index (χ4n) is 4.92. The maximum absolute atomic E-state index is 11.7. The van der Waals surface area contributed by atoms with Crippen molar-refractivity contribution in [2.45, 2.75) is 154 Å². The molecule has 0 radical (unpaired) electrons. The largest absolute Gasteiger partial charge is 0.388 e. The quantitative estimate of drug-likeness (QED) is 0.179. The van der Waals surface area contributed by atoms with Crippen molar-refractivity contribution in [2.24, 2.45) is 0 Å². The molecule has 1 amide bonds. The van der Waals surface area contributed by atoms with Crippen molar-refractivity contribution in [3.05, 3.63) is 12.2 Å². The van der Waals surface area contributed by atoms with Crippen molar-refractivity contribution in [3.63, 3.8) is 0 Å². The second-order valence-corrected chi connectivity index (χ2v) is 10.9. The number of rotatable bonds is 18. The molecule has 2 fully saturated rings. The summed E-state index contributed by atoms with van der Waals surface area (Å²) in [6.07, 6.45) is 19.7. The highest BCUT2D eigenvalue weighted by Crippen LogP contribution is 2.32. The Morgan fingerprint density at radius 1 is 0.972 bits per heavy atom. The van der Waals surface area contributed by atoms with E-state index in [1.54, 1.807) is 13.8 Å². The van der Waals surface area contributed by atoms with Crippen molar-refractivity contribution >= 4 is 5.91 Å². The predicted octanol–water partition coefficient (Wildman–Crippen LogP) is 5.78. The van der Waals surface area contributed by atoms with E-state index in [1.165, 1.54) is 84.0 Å². The molecule has 7 heteroatoms. The van der Waals surface area contributed by atoms with Crippen LogP contribution in [-0.4, -0.2) is 60.7 Å². The van der Waals surface area contributed by atoms with Crippen LogP contribution in [0.4, 0.5) is 0 Å². The molecule has 2 saturated heterocycles. The van der Waals surface area contributed by atoms with E-state index < -0.39 is 36.4 Å². The van der Waals surface area contributed by atoms with Gasteiger partial charge in [-0.15, -0.1) is 0 Å². The molecule has 0 bridgehead atoms. The standard InChI is InChI=1S/C29H53NO6/c1-5-6-7-8-9-10-11-12-13-14-15-16-17-18-19-20-21-33-28-25(30-23(2)31)26(32)27-24(35-28)22-34-29(3,4)36-27/h12-13,24-28,32H,5-11,14-22H2,1-4H3,(H,30,31)/b13-12-/t24-,25-,26-,27-,28+/m1/s1. The number of aliphatic hydroxyl groups is 1. The number of ether oxygens (including phenoxy) is 4. The summed E-state index contributed by atoms with van der Waals surface area (Å²) in [6.45, 7) is 8.14. The molecule has 0 saturated carbocycles. The van der Waals surface area contributed by atoms with Gasteiger partial charge in [0.25, 0.3) is 0 Å². The molecular formula is C29H53NO6. The molecule has 2 heterocycles. The van der Waals surface area contributed by atoms with E-state index in [9.17, 15) is 9.90 Å². The molecular weight excluding hydrogens is 458 g/mol. The minimum Gasteiger partial charge on any atom is -0.388 e. The Morgan fingerprint density at radius 2 is 1.56 bits per heavy atom. The number of hydrogen-bond donors (Lipinski definition) is 2. The maximum Gasteiger partial charge on any atom is 0.217 e. The lowest BCUT2D eigenvalue weighted by Gasteiger charge is -2.49. The minimum atomic E-state index is -0.930. The Kier molecular flexibility index (Phi) is 15.2. The number of hydrogen-bond acceptors (Lipinski definition) is 6. The molecule has 0 unspecified atom stereocenters. The molecule has 2 rings (SSSR count). The Labute approximate surface area is 219 Å². The third-order valence-electron chi connectivity index (χ3n) is 7.00. The number of fused-ring (bicyclic) bond motifs is 1. The van der Waals surface area contributed by atoms with Gasteiger partial charge in [0.15, 0.2) is 12.1 Å². The molecule has 7 nitrogen and oxygen atoms in total. The number of aliphatic hydroxyl groups excluding tert-OH is 1. The van der Waals surface area contributed by atoms with Crippen LogP contribution in [0.25, 0.3) is 0 Å². The fraction of sp³-hybridized carbons (Fsp3) is 0.897. The normalized spacial score (nSPS) is 27.8.